The number of nitrogens with two attached hydrogens (primary N) is 1. The Kier molecular flexibility index (Phi) is 5.72. The third-order valence-corrected chi connectivity index (χ3v) is 3.73. The molecule has 6 heteroatoms. The summed E-state index contributed by atoms with van der Waals surface area (Å²) >= 11 is 5.86. The molecule has 0 aromatic heterocycles. The number of benzene rings is 2. The quantitative estimate of drug-likeness (QED) is 0.755. The van der Waals surface area contributed by atoms with E-state index in [0.717, 1.165) is 5.56 Å². The molecule has 5 nitrogen and oxygen atoms in total. The number of nitriles is 1. The average Bonchev–Trinajstić information content (AvgIpc) is 2.57. The van der Waals surface area contributed by atoms with Crippen molar-refractivity contribution in [3.05, 3.63) is 70.2 Å². The Bertz CT molecular complexity index is 708. The van der Waals surface area contributed by atoms with Crippen molar-refractivity contribution in [1.29, 1.82) is 5.26 Å². The number of carbonyl (C=O) groups excluding carboxylic acids is 1. The lowest BCUT2D eigenvalue weighted by Crippen LogP contribution is -2.37. The van der Waals surface area contributed by atoms with Crippen LogP contribution in [-0.4, -0.2) is 17.6 Å². The molecule has 2 aromatic carbocycles. The largest absolute Gasteiger partial charge is 0.394 e. The first-order chi connectivity index (χ1) is 11.0. The molecule has 0 radical (unpaired) electrons. The van der Waals surface area contributed by atoms with E-state index in [1.165, 1.54) is 0 Å². The van der Waals surface area contributed by atoms with Gasteiger partial charge < -0.3 is 10.8 Å². The first-order valence-electron chi connectivity index (χ1n) is 6.97. The summed E-state index contributed by atoms with van der Waals surface area (Å²) in [4.78, 5) is 11.8. The lowest BCUT2D eigenvalue weighted by molar-refractivity contribution is -0.120. The summed E-state index contributed by atoms with van der Waals surface area (Å²) in [6, 6.07) is 14.3. The SMILES string of the molecule is N#Cc1ccc(C(NC(CO)c2ccc(Cl)cc2)C(N)=O)cc1. The Morgan fingerprint density at radius 3 is 2.22 bits per heavy atom. The van der Waals surface area contributed by atoms with Crippen molar-refractivity contribution in [2.45, 2.75) is 12.1 Å². The Hall–Kier alpha value is -2.39. The molecule has 0 saturated heterocycles. The highest BCUT2D eigenvalue weighted by Gasteiger charge is 2.22. The van der Waals surface area contributed by atoms with E-state index in [9.17, 15) is 9.90 Å². The topological polar surface area (TPSA) is 99.1 Å². The molecule has 0 aliphatic heterocycles. The summed E-state index contributed by atoms with van der Waals surface area (Å²) < 4.78 is 0. The lowest BCUT2D eigenvalue weighted by atomic mass is 10.0. The van der Waals surface area contributed by atoms with Crippen LogP contribution in [0, 0.1) is 11.3 Å². The number of aliphatic hydroxyl groups excluding tert-OH is 1. The highest BCUT2D eigenvalue weighted by molar-refractivity contribution is 6.30. The summed E-state index contributed by atoms with van der Waals surface area (Å²) in [6.45, 7) is -0.207. The van der Waals surface area contributed by atoms with Gasteiger partial charge in [0, 0.05) is 5.02 Å². The molecule has 0 saturated carbocycles. The third-order valence-electron chi connectivity index (χ3n) is 3.48. The maximum atomic E-state index is 11.8. The Morgan fingerprint density at radius 2 is 1.74 bits per heavy atom. The van der Waals surface area contributed by atoms with Gasteiger partial charge in [-0.05, 0) is 35.4 Å². The highest BCUT2D eigenvalue weighted by atomic mass is 35.5. The van der Waals surface area contributed by atoms with Crippen molar-refractivity contribution in [2.75, 3.05) is 6.61 Å². The predicted octanol–water partition coefficient (Wildman–Crippen LogP) is 2.06. The van der Waals surface area contributed by atoms with Crippen LogP contribution in [0.4, 0.5) is 0 Å². The number of halogens is 1. The van der Waals surface area contributed by atoms with Crippen LogP contribution in [0.3, 0.4) is 0 Å². The van der Waals surface area contributed by atoms with Gasteiger partial charge in [-0.25, -0.2) is 0 Å². The van der Waals surface area contributed by atoms with Crippen LogP contribution in [0.25, 0.3) is 0 Å². The van der Waals surface area contributed by atoms with Crippen LogP contribution in [-0.2, 0) is 4.79 Å². The zero-order valence-corrected chi connectivity index (χ0v) is 13.0. The normalized spacial score (nSPS) is 13.1. The van der Waals surface area contributed by atoms with E-state index >= 15 is 0 Å². The van der Waals surface area contributed by atoms with Gasteiger partial charge in [-0.3, -0.25) is 10.1 Å². The van der Waals surface area contributed by atoms with E-state index in [-0.39, 0.29) is 6.61 Å². The Morgan fingerprint density at radius 1 is 1.17 bits per heavy atom. The van der Waals surface area contributed by atoms with Gasteiger partial charge in [-0.15, -0.1) is 0 Å². The highest BCUT2D eigenvalue weighted by Crippen LogP contribution is 2.21. The minimum atomic E-state index is -0.782. The molecule has 0 aliphatic carbocycles. The van der Waals surface area contributed by atoms with Gasteiger partial charge in [0.1, 0.15) is 6.04 Å². The first-order valence-corrected chi connectivity index (χ1v) is 7.34. The van der Waals surface area contributed by atoms with Crippen LogP contribution < -0.4 is 11.1 Å². The number of hydrogen-bond donors (Lipinski definition) is 3. The standard InChI is InChI=1S/C17H16ClN3O2/c18-14-7-5-12(6-8-14)15(10-22)21-16(17(20)23)13-3-1-11(9-19)2-4-13/h1-8,15-16,21-22H,10H2,(H2,20,23). The maximum absolute atomic E-state index is 11.8. The summed E-state index contributed by atoms with van der Waals surface area (Å²) in [5.74, 6) is -0.567. The second-order valence-corrected chi connectivity index (χ2v) is 5.46. The second-order valence-electron chi connectivity index (χ2n) is 5.02. The molecule has 0 spiro atoms. The molecule has 0 aliphatic rings. The van der Waals surface area contributed by atoms with Crippen LogP contribution in [0.15, 0.2) is 48.5 Å². The van der Waals surface area contributed by atoms with Gasteiger partial charge in [0.25, 0.3) is 0 Å². The fraction of sp³-hybridized carbons (Fsp3) is 0.176. The van der Waals surface area contributed by atoms with Gasteiger partial charge in [-0.2, -0.15) is 5.26 Å². The number of amides is 1. The number of rotatable bonds is 6. The molecule has 2 rings (SSSR count). The van der Waals surface area contributed by atoms with Gasteiger partial charge in [0.15, 0.2) is 0 Å². The fourth-order valence-electron chi connectivity index (χ4n) is 2.24. The smallest absolute Gasteiger partial charge is 0.239 e. The van der Waals surface area contributed by atoms with Crippen LogP contribution in [0.2, 0.25) is 5.02 Å². The zero-order valence-electron chi connectivity index (χ0n) is 12.2. The summed E-state index contributed by atoms with van der Waals surface area (Å²) in [7, 11) is 0. The second kappa shape index (κ2) is 7.75. The fourth-order valence-corrected chi connectivity index (χ4v) is 2.37. The molecular weight excluding hydrogens is 314 g/mol. The van der Waals surface area contributed by atoms with Gasteiger partial charge in [0.05, 0.1) is 24.3 Å². The van der Waals surface area contributed by atoms with Crippen molar-refractivity contribution in [3.8, 4) is 6.07 Å². The number of primary amides is 1. The van der Waals surface area contributed by atoms with E-state index in [0.29, 0.717) is 16.1 Å². The molecule has 2 atom stereocenters. The molecule has 4 N–H and O–H groups in total. The van der Waals surface area contributed by atoms with Gasteiger partial charge >= 0.3 is 0 Å². The number of nitrogens with zero attached hydrogens (tertiary/aromatic N) is 1. The molecular formula is C17H16ClN3O2. The zero-order chi connectivity index (χ0) is 16.8. The molecule has 0 fully saturated rings. The van der Waals surface area contributed by atoms with Crippen molar-refractivity contribution in [1.82, 2.24) is 5.32 Å². The summed E-state index contributed by atoms with van der Waals surface area (Å²) in [5.41, 5.74) is 7.39. The first kappa shape index (κ1) is 17.0. The van der Waals surface area contributed by atoms with Crippen LogP contribution in [0.5, 0.6) is 0 Å². The van der Waals surface area contributed by atoms with Gasteiger partial charge in [0.2, 0.25) is 5.91 Å². The molecule has 23 heavy (non-hydrogen) atoms. The maximum Gasteiger partial charge on any atom is 0.239 e. The minimum Gasteiger partial charge on any atom is -0.394 e. The Labute approximate surface area is 139 Å². The van der Waals surface area contributed by atoms with Crippen molar-refractivity contribution < 1.29 is 9.90 Å². The molecule has 118 valence electrons. The Balaban J connectivity index is 2.24. The molecule has 0 heterocycles. The lowest BCUT2D eigenvalue weighted by Gasteiger charge is -2.23. The number of nitrogens with one attached hydrogen (secondary N) is 1. The van der Waals surface area contributed by atoms with Gasteiger partial charge in [-0.1, -0.05) is 35.9 Å². The van der Waals surface area contributed by atoms with Crippen LogP contribution in [0.1, 0.15) is 28.8 Å². The van der Waals surface area contributed by atoms with E-state index in [4.69, 9.17) is 22.6 Å². The van der Waals surface area contributed by atoms with E-state index in [2.05, 4.69) is 5.32 Å². The van der Waals surface area contributed by atoms with E-state index < -0.39 is 18.0 Å². The van der Waals surface area contributed by atoms with Crippen molar-refractivity contribution in [2.24, 2.45) is 5.73 Å². The summed E-state index contributed by atoms with van der Waals surface area (Å²) in [5, 5.41) is 22.1. The number of carbonyl (C=O) groups is 1. The third kappa shape index (κ3) is 4.30. The molecule has 0 bridgehead atoms. The molecule has 2 unspecified atom stereocenters. The monoisotopic (exact) mass is 329 g/mol. The van der Waals surface area contributed by atoms with Crippen molar-refractivity contribution in [3.63, 3.8) is 0 Å². The summed E-state index contributed by atoms with van der Waals surface area (Å²) in [6.07, 6.45) is 0. The number of aliphatic hydroxyl groups is 1. The van der Waals surface area contributed by atoms with E-state index in [1.54, 1.807) is 48.5 Å². The molecule has 2 aromatic rings. The van der Waals surface area contributed by atoms with Crippen LogP contribution >= 0.6 is 11.6 Å². The number of hydrogen-bond acceptors (Lipinski definition) is 4. The predicted molar refractivity (Wildman–Crippen MR) is 87.5 cm³/mol. The van der Waals surface area contributed by atoms with E-state index in [1.807, 2.05) is 6.07 Å². The minimum absolute atomic E-state index is 0.207. The molecule has 1 amide bonds. The average molecular weight is 330 g/mol. The van der Waals surface area contributed by atoms with Crippen molar-refractivity contribution >= 4 is 17.5 Å².